The maximum atomic E-state index is 12.9. The van der Waals surface area contributed by atoms with Crippen molar-refractivity contribution in [2.45, 2.75) is 43.8 Å². The van der Waals surface area contributed by atoms with Crippen LogP contribution >= 0.6 is 0 Å². The van der Waals surface area contributed by atoms with Gasteiger partial charge in [-0.2, -0.15) is 0 Å². The second-order valence-electron chi connectivity index (χ2n) is 6.51. The van der Waals surface area contributed by atoms with Gasteiger partial charge in [0.05, 0.1) is 5.56 Å². The third-order valence-corrected chi connectivity index (χ3v) is 5.11. The molecule has 0 aliphatic carbocycles. The standard InChI is InChI=1S/C17H22N2O3/c1-19(13-9-11-5-6-12(10-13)18-11)17(20)14-3-2-4-15-16(14)22-8-7-21-15/h2-4,11-13,18H,5-10H2,1H3. The van der Waals surface area contributed by atoms with Gasteiger partial charge in [-0.1, -0.05) is 6.07 Å². The summed E-state index contributed by atoms with van der Waals surface area (Å²) < 4.78 is 11.3. The minimum Gasteiger partial charge on any atom is -0.486 e. The quantitative estimate of drug-likeness (QED) is 0.905. The first-order valence-electron chi connectivity index (χ1n) is 8.14. The molecule has 5 nitrogen and oxygen atoms in total. The zero-order valence-corrected chi connectivity index (χ0v) is 12.9. The van der Waals surface area contributed by atoms with Crippen molar-refractivity contribution in [2.75, 3.05) is 20.3 Å². The van der Waals surface area contributed by atoms with E-state index in [-0.39, 0.29) is 5.91 Å². The molecule has 0 radical (unpaired) electrons. The number of piperidine rings is 1. The van der Waals surface area contributed by atoms with E-state index in [0.717, 1.165) is 12.8 Å². The molecule has 0 spiro atoms. The van der Waals surface area contributed by atoms with Crippen molar-refractivity contribution in [1.82, 2.24) is 10.2 Å². The number of ether oxygens (including phenoxy) is 2. The smallest absolute Gasteiger partial charge is 0.257 e. The molecule has 3 heterocycles. The van der Waals surface area contributed by atoms with Crippen molar-refractivity contribution in [2.24, 2.45) is 0 Å². The third-order valence-electron chi connectivity index (χ3n) is 5.11. The van der Waals surface area contributed by atoms with Crippen molar-refractivity contribution < 1.29 is 14.3 Å². The minimum atomic E-state index is 0.0358. The second kappa shape index (κ2) is 5.47. The van der Waals surface area contributed by atoms with Gasteiger partial charge in [-0.05, 0) is 37.8 Å². The molecule has 2 atom stereocenters. The SMILES string of the molecule is CN(C(=O)c1cccc2c1OCCO2)C1CC2CCC(C1)N2. The summed E-state index contributed by atoms with van der Waals surface area (Å²) in [4.78, 5) is 14.8. The van der Waals surface area contributed by atoms with Gasteiger partial charge in [0.15, 0.2) is 11.5 Å². The monoisotopic (exact) mass is 302 g/mol. The molecule has 3 aliphatic rings. The summed E-state index contributed by atoms with van der Waals surface area (Å²) >= 11 is 0. The highest BCUT2D eigenvalue weighted by atomic mass is 16.6. The summed E-state index contributed by atoms with van der Waals surface area (Å²) in [7, 11) is 1.92. The number of nitrogens with zero attached hydrogens (tertiary/aromatic N) is 1. The van der Waals surface area contributed by atoms with Crippen molar-refractivity contribution in [1.29, 1.82) is 0 Å². The lowest BCUT2D eigenvalue weighted by Gasteiger charge is -2.36. The fourth-order valence-corrected chi connectivity index (χ4v) is 3.94. The normalized spacial score (nSPS) is 29.2. The number of rotatable bonds is 2. The molecule has 4 rings (SSSR count). The van der Waals surface area contributed by atoms with Gasteiger partial charge in [0.25, 0.3) is 5.91 Å². The van der Waals surface area contributed by atoms with E-state index in [4.69, 9.17) is 9.47 Å². The first kappa shape index (κ1) is 13.9. The highest BCUT2D eigenvalue weighted by Crippen LogP contribution is 2.35. The van der Waals surface area contributed by atoms with E-state index in [9.17, 15) is 4.79 Å². The largest absolute Gasteiger partial charge is 0.486 e. The van der Waals surface area contributed by atoms with Crippen molar-refractivity contribution in [3.05, 3.63) is 23.8 Å². The molecule has 2 saturated heterocycles. The maximum absolute atomic E-state index is 12.9. The van der Waals surface area contributed by atoms with Crippen LogP contribution in [0, 0.1) is 0 Å². The van der Waals surface area contributed by atoms with Crippen LogP contribution in [0.2, 0.25) is 0 Å². The maximum Gasteiger partial charge on any atom is 0.257 e. The summed E-state index contributed by atoms with van der Waals surface area (Å²) in [6.45, 7) is 1.04. The number of carbonyl (C=O) groups excluding carboxylic acids is 1. The van der Waals surface area contributed by atoms with Gasteiger partial charge in [-0.25, -0.2) is 0 Å². The van der Waals surface area contributed by atoms with Crippen LogP contribution in [0.5, 0.6) is 11.5 Å². The molecule has 1 N–H and O–H groups in total. The topological polar surface area (TPSA) is 50.8 Å². The van der Waals surface area contributed by atoms with Crippen molar-refractivity contribution >= 4 is 5.91 Å². The van der Waals surface area contributed by atoms with Crippen molar-refractivity contribution in [3.63, 3.8) is 0 Å². The van der Waals surface area contributed by atoms with Crippen LogP contribution in [-0.4, -0.2) is 49.2 Å². The Morgan fingerprint density at radius 1 is 1.18 bits per heavy atom. The van der Waals surface area contributed by atoms with Crippen LogP contribution in [0.4, 0.5) is 0 Å². The molecule has 5 heteroatoms. The highest BCUT2D eigenvalue weighted by Gasteiger charge is 2.37. The summed E-state index contributed by atoms with van der Waals surface area (Å²) in [6.07, 6.45) is 4.57. The number of fused-ring (bicyclic) bond motifs is 3. The molecule has 1 aromatic carbocycles. The molecular formula is C17H22N2O3. The Hall–Kier alpha value is -1.75. The van der Waals surface area contributed by atoms with E-state index in [2.05, 4.69) is 5.32 Å². The Kier molecular flexibility index (Phi) is 3.45. The Labute approximate surface area is 130 Å². The lowest BCUT2D eigenvalue weighted by atomic mass is 9.97. The van der Waals surface area contributed by atoms with Crippen LogP contribution in [-0.2, 0) is 0 Å². The number of amides is 1. The molecule has 0 aromatic heterocycles. The number of hydrogen-bond donors (Lipinski definition) is 1. The van der Waals surface area contributed by atoms with Gasteiger partial charge in [0.2, 0.25) is 0 Å². The number of nitrogens with one attached hydrogen (secondary N) is 1. The molecule has 22 heavy (non-hydrogen) atoms. The predicted molar refractivity (Wildman–Crippen MR) is 82.5 cm³/mol. The molecule has 1 aromatic rings. The van der Waals surface area contributed by atoms with Crippen LogP contribution in [0.3, 0.4) is 0 Å². The zero-order chi connectivity index (χ0) is 15.1. The van der Waals surface area contributed by atoms with E-state index in [0.29, 0.717) is 48.4 Å². The van der Waals surface area contributed by atoms with Gasteiger partial charge in [-0.3, -0.25) is 4.79 Å². The van der Waals surface area contributed by atoms with Crippen LogP contribution < -0.4 is 14.8 Å². The van der Waals surface area contributed by atoms with E-state index in [1.165, 1.54) is 12.8 Å². The summed E-state index contributed by atoms with van der Waals surface area (Å²) in [5, 5.41) is 3.62. The first-order chi connectivity index (χ1) is 10.7. The predicted octanol–water partition coefficient (Wildman–Crippen LogP) is 1.81. The molecule has 0 saturated carbocycles. The Morgan fingerprint density at radius 2 is 1.91 bits per heavy atom. The molecule has 2 unspecified atom stereocenters. The Morgan fingerprint density at radius 3 is 2.68 bits per heavy atom. The van der Waals surface area contributed by atoms with Gasteiger partial charge in [0.1, 0.15) is 13.2 Å². The highest BCUT2D eigenvalue weighted by molar-refractivity contribution is 5.98. The number of benzene rings is 1. The molecular weight excluding hydrogens is 280 g/mol. The van der Waals surface area contributed by atoms with Gasteiger partial charge < -0.3 is 19.7 Å². The number of para-hydroxylation sites is 1. The lowest BCUT2D eigenvalue weighted by Crippen LogP contribution is -2.48. The molecule has 3 aliphatic heterocycles. The van der Waals surface area contributed by atoms with Crippen LogP contribution in [0.1, 0.15) is 36.0 Å². The fraction of sp³-hybridized carbons (Fsp3) is 0.588. The number of carbonyl (C=O) groups is 1. The molecule has 2 fully saturated rings. The van der Waals surface area contributed by atoms with E-state index in [1.807, 2.05) is 30.1 Å². The number of hydrogen-bond acceptors (Lipinski definition) is 4. The van der Waals surface area contributed by atoms with Crippen LogP contribution in [0.25, 0.3) is 0 Å². The van der Waals surface area contributed by atoms with E-state index in [1.54, 1.807) is 0 Å². The first-order valence-corrected chi connectivity index (χ1v) is 8.14. The summed E-state index contributed by atoms with van der Waals surface area (Å²) in [5.74, 6) is 1.31. The minimum absolute atomic E-state index is 0.0358. The third kappa shape index (κ3) is 2.33. The van der Waals surface area contributed by atoms with E-state index < -0.39 is 0 Å². The van der Waals surface area contributed by atoms with Crippen molar-refractivity contribution in [3.8, 4) is 11.5 Å². The molecule has 1 amide bonds. The summed E-state index contributed by atoms with van der Waals surface area (Å²) in [5.41, 5.74) is 0.616. The fourth-order valence-electron chi connectivity index (χ4n) is 3.94. The Balaban J connectivity index is 1.56. The Bertz CT molecular complexity index is 577. The van der Waals surface area contributed by atoms with E-state index >= 15 is 0 Å². The molecule has 2 bridgehead atoms. The van der Waals surface area contributed by atoms with Gasteiger partial charge in [0, 0.05) is 25.2 Å². The van der Waals surface area contributed by atoms with Gasteiger partial charge in [-0.15, -0.1) is 0 Å². The average Bonchev–Trinajstić information content (AvgIpc) is 2.91. The zero-order valence-electron chi connectivity index (χ0n) is 12.9. The average molecular weight is 302 g/mol. The van der Waals surface area contributed by atoms with Gasteiger partial charge >= 0.3 is 0 Å². The molecule has 118 valence electrons. The van der Waals surface area contributed by atoms with Crippen LogP contribution in [0.15, 0.2) is 18.2 Å². The lowest BCUT2D eigenvalue weighted by molar-refractivity contribution is 0.0672. The second-order valence-corrected chi connectivity index (χ2v) is 6.51. The summed E-state index contributed by atoms with van der Waals surface area (Å²) in [6, 6.07) is 7.01.